The summed E-state index contributed by atoms with van der Waals surface area (Å²) in [5, 5.41) is 10.4. The zero-order valence-corrected chi connectivity index (χ0v) is 11.0. The second-order valence-electron chi connectivity index (χ2n) is 4.93. The van der Waals surface area contributed by atoms with Gasteiger partial charge in [-0.15, -0.1) is 0 Å². The van der Waals surface area contributed by atoms with E-state index in [9.17, 15) is 9.90 Å². The number of aliphatic hydroxyl groups is 1. The first kappa shape index (κ1) is 13.5. The van der Waals surface area contributed by atoms with Gasteiger partial charge in [-0.3, -0.25) is 4.79 Å². The number of hydrogen-bond donors (Lipinski definition) is 1. The number of carbonyl (C=O) groups is 1. The van der Waals surface area contributed by atoms with E-state index in [0.717, 1.165) is 5.56 Å². The van der Waals surface area contributed by atoms with Crippen LogP contribution in [0.2, 0.25) is 0 Å². The van der Waals surface area contributed by atoms with E-state index < -0.39 is 5.60 Å². The van der Waals surface area contributed by atoms with Crippen LogP contribution in [0.1, 0.15) is 35.7 Å². The summed E-state index contributed by atoms with van der Waals surface area (Å²) in [6.45, 7) is 1.75. The molecule has 98 valence electrons. The zero-order chi connectivity index (χ0) is 13.7. The van der Waals surface area contributed by atoms with Gasteiger partial charge in [-0.1, -0.05) is 60.7 Å². The first-order valence-corrected chi connectivity index (χ1v) is 6.46. The fourth-order valence-electron chi connectivity index (χ4n) is 2.07. The normalized spacial score (nSPS) is 13.8. The lowest BCUT2D eigenvalue weighted by Gasteiger charge is -2.23. The Morgan fingerprint density at radius 2 is 1.53 bits per heavy atom. The Morgan fingerprint density at radius 3 is 2.11 bits per heavy atom. The number of hydrogen-bond acceptors (Lipinski definition) is 2. The Morgan fingerprint density at radius 1 is 1.00 bits per heavy atom. The van der Waals surface area contributed by atoms with Crippen molar-refractivity contribution in [3.8, 4) is 0 Å². The molecule has 2 heteroatoms. The van der Waals surface area contributed by atoms with Crippen LogP contribution >= 0.6 is 0 Å². The van der Waals surface area contributed by atoms with E-state index in [1.807, 2.05) is 48.5 Å². The summed E-state index contributed by atoms with van der Waals surface area (Å²) in [5.74, 6) is 0.0665. The fraction of sp³-hybridized carbons (Fsp3) is 0.235. The van der Waals surface area contributed by atoms with E-state index in [1.165, 1.54) is 0 Å². The molecule has 1 N–H and O–H groups in total. The van der Waals surface area contributed by atoms with Crippen molar-refractivity contribution in [1.29, 1.82) is 0 Å². The van der Waals surface area contributed by atoms with Crippen molar-refractivity contribution in [3.05, 3.63) is 71.8 Å². The van der Waals surface area contributed by atoms with Gasteiger partial charge >= 0.3 is 0 Å². The van der Waals surface area contributed by atoms with Gasteiger partial charge in [-0.25, -0.2) is 0 Å². The SMILES string of the molecule is CC(O)(CCC(=O)c1ccccc1)c1ccccc1. The first-order valence-electron chi connectivity index (χ1n) is 6.46. The predicted molar refractivity (Wildman–Crippen MR) is 76.0 cm³/mol. The van der Waals surface area contributed by atoms with Gasteiger partial charge in [-0.2, -0.15) is 0 Å². The largest absolute Gasteiger partial charge is 0.385 e. The Bertz CT molecular complexity index is 530. The van der Waals surface area contributed by atoms with Gasteiger partial charge in [0, 0.05) is 12.0 Å². The van der Waals surface area contributed by atoms with E-state index >= 15 is 0 Å². The molecular formula is C17H18O2. The molecule has 0 aliphatic carbocycles. The van der Waals surface area contributed by atoms with Gasteiger partial charge in [0.2, 0.25) is 0 Å². The molecule has 1 unspecified atom stereocenters. The molecule has 0 bridgehead atoms. The molecule has 19 heavy (non-hydrogen) atoms. The van der Waals surface area contributed by atoms with Crippen LogP contribution in [0.4, 0.5) is 0 Å². The van der Waals surface area contributed by atoms with Gasteiger partial charge in [0.05, 0.1) is 5.60 Å². The summed E-state index contributed by atoms with van der Waals surface area (Å²) in [7, 11) is 0. The first-order chi connectivity index (χ1) is 9.09. The van der Waals surface area contributed by atoms with Crippen molar-refractivity contribution < 1.29 is 9.90 Å². The van der Waals surface area contributed by atoms with Crippen LogP contribution in [0.25, 0.3) is 0 Å². The maximum absolute atomic E-state index is 12.0. The third-order valence-electron chi connectivity index (χ3n) is 3.33. The highest BCUT2D eigenvalue weighted by atomic mass is 16.3. The maximum atomic E-state index is 12.0. The second-order valence-corrected chi connectivity index (χ2v) is 4.93. The van der Waals surface area contributed by atoms with Crippen molar-refractivity contribution in [1.82, 2.24) is 0 Å². The van der Waals surface area contributed by atoms with E-state index in [1.54, 1.807) is 19.1 Å². The molecule has 0 aliphatic rings. The summed E-state index contributed by atoms with van der Waals surface area (Å²) in [5.41, 5.74) is 0.577. The van der Waals surface area contributed by atoms with Crippen molar-refractivity contribution >= 4 is 5.78 Å². The minimum Gasteiger partial charge on any atom is -0.385 e. The summed E-state index contributed by atoms with van der Waals surface area (Å²) in [4.78, 5) is 12.0. The van der Waals surface area contributed by atoms with Gasteiger partial charge in [0.15, 0.2) is 5.78 Å². The second kappa shape index (κ2) is 5.81. The minimum absolute atomic E-state index is 0.0665. The van der Waals surface area contributed by atoms with Gasteiger partial charge in [0.1, 0.15) is 0 Å². The maximum Gasteiger partial charge on any atom is 0.162 e. The quantitative estimate of drug-likeness (QED) is 0.828. The summed E-state index contributed by atoms with van der Waals surface area (Å²) in [6, 6.07) is 18.7. The monoisotopic (exact) mass is 254 g/mol. The molecule has 0 amide bonds. The molecule has 0 saturated carbocycles. The third-order valence-corrected chi connectivity index (χ3v) is 3.33. The lowest BCUT2D eigenvalue weighted by molar-refractivity contribution is 0.0437. The number of ketones is 1. The van der Waals surface area contributed by atoms with E-state index in [0.29, 0.717) is 18.4 Å². The van der Waals surface area contributed by atoms with E-state index in [2.05, 4.69) is 0 Å². The highest BCUT2D eigenvalue weighted by molar-refractivity contribution is 5.96. The lowest BCUT2D eigenvalue weighted by Crippen LogP contribution is -2.22. The van der Waals surface area contributed by atoms with Crippen molar-refractivity contribution in [2.45, 2.75) is 25.4 Å². The summed E-state index contributed by atoms with van der Waals surface area (Å²) in [6.07, 6.45) is 0.761. The number of carbonyl (C=O) groups excluding carboxylic acids is 1. The number of benzene rings is 2. The molecular weight excluding hydrogens is 236 g/mol. The Labute approximate surface area is 113 Å². The standard InChI is InChI=1S/C17H18O2/c1-17(19,15-10-6-3-7-11-15)13-12-16(18)14-8-4-2-5-9-14/h2-11,19H,12-13H2,1H3. The zero-order valence-electron chi connectivity index (χ0n) is 11.0. The average molecular weight is 254 g/mol. The van der Waals surface area contributed by atoms with Gasteiger partial charge < -0.3 is 5.11 Å². The van der Waals surface area contributed by atoms with Crippen molar-refractivity contribution in [2.75, 3.05) is 0 Å². The summed E-state index contributed by atoms with van der Waals surface area (Å²) >= 11 is 0. The van der Waals surface area contributed by atoms with Crippen molar-refractivity contribution in [3.63, 3.8) is 0 Å². The fourth-order valence-corrected chi connectivity index (χ4v) is 2.07. The molecule has 0 aliphatic heterocycles. The molecule has 2 nitrogen and oxygen atoms in total. The molecule has 0 radical (unpaired) electrons. The van der Waals surface area contributed by atoms with Crippen LogP contribution < -0.4 is 0 Å². The number of rotatable bonds is 5. The molecule has 2 rings (SSSR count). The van der Waals surface area contributed by atoms with Crippen LogP contribution in [-0.4, -0.2) is 10.9 Å². The van der Waals surface area contributed by atoms with Crippen LogP contribution in [0.5, 0.6) is 0 Å². The van der Waals surface area contributed by atoms with Gasteiger partial charge in [0.25, 0.3) is 0 Å². The smallest absolute Gasteiger partial charge is 0.162 e. The molecule has 0 saturated heterocycles. The Balaban J connectivity index is 2.01. The molecule has 0 fully saturated rings. The highest BCUT2D eigenvalue weighted by Crippen LogP contribution is 2.26. The van der Waals surface area contributed by atoms with Gasteiger partial charge in [-0.05, 0) is 18.9 Å². The molecule has 0 spiro atoms. The van der Waals surface area contributed by atoms with Crippen LogP contribution in [-0.2, 0) is 5.60 Å². The lowest BCUT2D eigenvalue weighted by atomic mass is 9.89. The molecule has 0 aromatic heterocycles. The van der Waals surface area contributed by atoms with Crippen molar-refractivity contribution in [2.24, 2.45) is 0 Å². The van der Waals surface area contributed by atoms with E-state index in [4.69, 9.17) is 0 Å². The average Bonchev–Trinajstić information content (AvgIpc) is 2.47. The minimum atomic E-state index is -0.967. The number of Topliss-reactive ketones (excluding diaryl/α,β-unsaturated/α-hetero) is 1. The topological polar surface area (TPSA) is 37.3 Å². The summed E-state index contributed by atoms with van der Waals surface area (Å²) < 4.78 is 0. The Hall–Kier alpha value is -1.93. The predicted octanol–water partition coefficient (Wildman–Crippen LogP) is 3.56. The van der Waals surface area contributed by atoms with Crippen LogP contribution in [0.3, 0.4) is 0 Å². The Kier molecular flexibility index (Phi) is 4.13. The van der Waals surface area contributed by atoms with E-state index in [-0.39, 0.29) is 5.78 Å². The molecule has 1 atom stereocenters. The van der Waals surface area contributed by atoms with Crippen LogP contribution in [0.15, 0.2) is 60.7 Å². The highest BCUT2D eigenvalue weighted by Gasteiger charge is 2.23. The third kappa shape index (κ3) is 3.52. The van der Waals surface area contributed by atoms with Crippen LogP contribution in [0, 0.1) is 0 Å². The molecule has 2 aromatic carbocycles. The molecule has 0 heterocycles. The molecule has 2 aromatic rings.